The van der Waals surface area contributed by atoms with E-state index in [1.807, 2.05) is 38.2 Å². The van der Waals surface area contributed by atoms with Crippen molar-refractivity contribution in [2.75, 3.05) is 7.05 Å². The smallest absolute Gasteiger partial charge is 0.325 e. The van der Waals surface area contributed by atoms with E-state index in [0.29, 0.717) is 18.7 Å². The van der Waals surface area contributed by atoms with Crippen LogP contribution in [0.2, 0.25) is 0 Å². The van der Waals surface area contributed by atoms with E-state index in [2.05, 4.69) is 20.8 Å². The van der Waals surface area contributed by atoms with Crippen LogP contribution in [0, 0.1) is 0 Å². The third-order valence-corrected chi connectivity index (χ3v) is 5.21. The molecule has 1 aromatic heterocycles. The molecule has 2 aliphatic rings. The highest BCUT2D eigenvalue weighted by atomic mass is 16.5. The van der Waals surface area contributed by atoms with Crippen LogP contribution in [0.3, 0.4) is 0 Å². The minimum Gasteiger partial charge on any atom is -0.337 e. The maximum absolute atomic E-state index is 13.1. The van der Waals surface area contributed by atoms with Crippen molar-refractivity contribution in [3.05, 3.63) is 47.1 Å². The fourth-order valence-corrected chi connectivity index (χ4v) is 3.68. The Labute approximate surface area is 150 Å². The van der Waals surface area contributed by atoms with Gasteiger partial charge in [0.25, 0.3) is 5.91 Å². The molecule has 1 aliphatic heterocycles. The number of rotatable bonds is 5. The van der Waals surface area contributed by atoms with Crippen LogP contribution in [-0.2, 0) is 29.7 Å². The van der Waals surface area contributed by atoms with Gasteiger partial charge in [-0.3, -0.25) is 9.69 Å². The van der Waals surface area contributed by atoms with Gasteiger partial charge in [-0.2, -0.15) is 4.98 Å². The Morgan fingerprint density at radius 2 is 2.19 bits per heavy atom. The third kappa shape index (κ3) is 2.57. The highest BCUT2D eigenvalue weighted by Crippen LogP contribution is 2.41. The highest BCUT2D eigenvalue weighted by molar-refractivity contribution is 6.07. The zero-order valence-electron chi connectivity index (χ0n) is 14.8. The molecule has 2 N–H and O–H groups in total. The Kier molecular flexibility index (Phi) is 3.99. The first-order valence-corrected chi connectivity index (χ1v) is 8.75. The summed E-state index contributed by atoms with van der Waals surface area (Å²) in [5.74, 6) is 0.556. The summed E-state index contributed by atoms with van der Waals surface area (Å²) < 4.78 is 5.23. The van der Waals surface area contributed by atoms with Crippen molar-refractivity contribution in [2.24, 2.45) is 0 Å². The van der Waals surface area contributed by atoms with Crippen LogP contribution in [0.25, 0.3) is 0 Å². The standard InChI is InChI=1S/C18H21N5O3/c1-11(19-2)9-14-20-15(26-22-14)10-23-16(24)18(21-17(23)25)8-7-12-5-3-4-6-13(12)18/h3-6,11,19H,7-10H2,1-2H3,(H,21,25). The number of benzene rings is 1. The van der Waals surface area contributed by atoms with Gasteiger partial charge in [0.2, 0.25) is 5.89 Å². The lowest BCUT2D eigenvalue weighted by Crippen LogP contribution is -2.41. The first-order valence-electron chi connectivity index (χ1n) is 8.75. The molecule has 26 heavy (non-hydrogen) atoms. The van der Waals surface area contributed by atoms with Gasteiger partial charge < -0.3 is 15.2 Å². The van der Waals surface area contributed by atoms with E-state index in [4.69, 9.17) is 4.52 Å². The first-order chi connectivity index (χ1) is 12.5. The number of carbonyl (C=O) groups excluding carboxylic acids is 2. The molecule has 8 heteroatoms. The van der Waals surface area contributed by atoms with Crippen LogP contribution in [-0.4, -0.2) is 40.1 Å². The average Bonchev–Trinajstić information content (AvgIpc) is 3.30. The normalized spacial score (nSPS) is 22.8. The van der Waals surface area contributed by atoms with Gasteiger partial charge in [0.15, 0.2) is 5.82 Å². The molecule has 1 fully saturated rings. The summed E-state index contributed by atoms with van der Waals surface area (Å²) in [5, 5.41) is 9.92. The molecule has 136 valence electrons. The van der Waals surface area contributed by atoms with Crippen molar-refractivity contribution in [1.29, 1.82) is 0 Å². The van der Waals surface area contributed by atoms with E-state index in [9.17, 15) is 9.59 Å². The van der Waals surface area contributed by atoms with Crippen molar-refractivity contribution >= 4 is 11.9 Å². The maximum atomic E-state index is 13.1. The molecule has 8 nitrogen and oxygen atoms in total. The molecule has 0 radical (unpaired) electrons. The van der Waals surface area contributed by atoms with Crippen LogP contribution in [0.1, 0.15) is 36.2 Å². The molecule has 0 bridgehead atoms. The number of fused-ring (bicyclic) bond motifs is 2. The summed E-state index contributed by atoms with van der Waals surface area (Å²) in [7, 11) is 1.86. The minimum absolute atomic E-state index is 0.0183. The molecule has 1 aromatic carbocycles. The Bertz CT molecular complexity index is 864. The number of hydrogen-bond donors (Lipinski definition) is 2. The number of aromatic nitrogens is 2. The summed E-state index contributed by atoms with van der Waals surface area (Å²) in [5.41, 5.74) is 1.02. The van der Waals surface area contributed by atoms with Gasteiger partial charge >= 0.3 is 6.03 Å². The van der Waals surface area contributed by atoms with Crippen molar-refractivity contribution in [1.82, 2.24) is 25.7 Å². The minimum atomic E-state index is -0.961. The first kappa shape index (κ1) is 16.7. The van der Waals surface area contributed by atoms with Gasteiger partial charge in [-0.15, -0.1) is 0 Å². The number of nitrogens with one attached hydrogen (secondary N) is 2. The van der Waals surface area contributed by atoms with Gasteiger partial charge in [0.1, 0.15) is 12.1 Å². The van der Waals surface area contributed by atoms with Gasteiger partial charge in [0.05, 0.1) is 0 Å². The van der Waals surface area contributed by atoms with E-state index < -0.39 is 11.6 Å². The molecule has 2 atom stereocenters. The molecule has 2 heterocycles. The molecular weight excluding hydrogens is 334 g/mol. The van der Waals surface area contributed by atoms with Crippen LogP contribution in [0.15, 0.2) is 28.8 Å². The predicted molar refractivity (Wildman–Crippen MR) is 92.0 cm³/mol. The quantitative estimate of drug-likeness (QED) is 0.780. The summed E-state index contributed by atoms with van der Waals surface area (Å²) in [4.78, 5) is 31.0. The average molecular weight is 355 g/mol. The van der Waals surface area contributed by atoms with E-state index in [1.165, 1.54) is 4.90 Å². The second kappa shape index (κ2) is 6.21. The number of nitrogens with zero attached hydrogens (tertiary/aromatic N) is 3. The summed E-state index contributed by atoms with van der Waals surface area (Å²) in [6, 6.07) is 7.53. The fraction of sp³-hybridized carbons (Fsp3) is 0.444. The van der Waals surface area contributed by atoms with Gasteiger partial charge in [-0.05, 0) is 37.9 Å². The van der Waals surface area contributed by atoms with Crippen molar-refractivity contribution < 1.29 is 14.1 Å². The lowest BCUT2D eigenvalue weighted by molar-refractivity contribution is -0.132. The van der Waals surface area contributed by atoms with E-state index >= 15 is 0 Å². The number of carbonyl (C=O) groups is 2. The van der Waals surface area contributed by atoms with Gasteiger partial charge in [-0.25, -0.2) is 4.79 Å². The zero-order valence-corrected chi connectivity index (χ0v) is 14.8. The van der Waals surface area contributed by atoms with Crippen LogP contribution >= 0.6 is 0 Å². The number of imide groups is 1. The summed E-state index contributed by atoms with van der Waals surface area (Å²) >= 11 is 0. The molecule has 4 rings (SSSR count). The highest BCUT2D eigenvalue weighted by Gasteiger charge is 2.55. The Morgan fingerprint density at radius 3 is 3.00 bits per heavy atom. The van der Waals surface area contributed by atoms with Crippen molar-refractivity contribution in [3.63, 3.8) is 0 Å². The molecular formula is C18H21N5O3. The summed E-state index contributed by atoms with van der Waals surface area (Å²) in [6.45, 7) is 1.99. The molecule has 3 amide bonds. The van der Waals surface area contributed by atoms with E-state index in [0.717, 1.165) is 17.5 Å². The van der Waals surface area contributed by atoms with Gasteiger partial charge in [0, 0.05) is 12.5 Å². The topological polar surface area (TPSA) is 100 Å². The Balaban J connectivity index is 1.54. The fourth-order valence-electron chi connectivity index (χ4n) is 3.68. The second-order valence-electron chi connectivity index (χ2n) is 6.88. The summed E-state index contributed by atoms with van der Waals surface area (Å²) in [6.07, 6.45) is 1.95. The largest absolute Gasteiger partial charge is 0.337 e. The number of aryl methyl sites for hydroxylation is 1. The molecule has 0 saturated carbocycles. The molecule has 1 aliphatic carbocycles. The molecule has 2 unspecified atom stereocenters. The number of amides is 3. The zero-order chi connectivity index (χ0) is 18.3. The van der Waals surface area contributed by atoms with Crippen molar-refractivity contribution in [3.8, 4) is 0 Å². The lowest BCUT2D eigenvalue weighted by atomic mass is 9.92. The number of hydrogen-bond acceptors (Lipinski definition) is 6. The monoisotopic (exact) mass is 355 g/mol. The predicted octanol–water partition coefficient (Wildman–Crippen LogP) is 1.11. The third-order valence-electron chi connectivity index (χ3n) is 5.21. The maximum Gasteiger partial charge on any atom is 0.325 e. The van der Waals surface area contributed by atoms with Crippen LogP contribution in [0.5, 0.6) is 0 Å². The SMILES string of the molecule is CNC(C)Cc1noc(CN2C(=O)NC3(CCc4ccccc43)C2=O)n1. The Hall–Kier alpha value is -2.74. The van der Waals surface area contributed by atoms with E-state index in [1.54, 1.807) is 0 Å². The number of likely N-dealkylation sites (N-methyl/N-ethyl adjacent to an activating group) is 1. The molecule has 2 aromatic rings. The van der Waals surface area contributed by atoms with Gasteiger partial charge in [-0.1, -0.05) is 29.4 Å². The van der Waals surface area contributed by atoms with Crippen LogP contribution < -0.4 is 10.6 Å². The lowest BCUT2D eigenvalue weighted by Gasteiger charge is -2.21. The van der Waals surface area contributed by atoms with Crippen LogP contribution in [0.4, 0.5) is 4.79 Å². The molecule has 1 spiro atoms. The molecule has 1 saturated heterocycles. The Morgan fingerprint density at radius 1 is 1.38 bits per heavy atom. The van der Waals surface area contributed by atoms with Crippen molar-refractivity contribution in [2.45, 2.75) is 44.3 Å². The number of urea groups is 1. The van der Waals surface area contributed by atoms with E-state index in [-0.39, 0.29) is 24.4 Å². The second-order valence-corrected chi connectivity index (χ2v) is 6.88.